The van der Waals surface area contributed by atoms with E-state index in [1.54, 1.807) is 0 Å². The van der Waals surface area contributed by atoms with Crippen molar-refractivity contribution in [3.05, 3.63) is 34.4 Å². The molecule has 3 N–H and O–H groups in total. The number of hydrogen-bond acceptors (Lipinski definition) is 2. The molecule has 1 aliphatic rings. The van der Waals surface area contributed by atoms with E-state index >= 15 is 0 Å². The summed E-state index contributed by atoms with van der Waals surface area (Å²) >= 11 is 0. The van der Waals surface area contributed by atoms with Crippen LogP contribution in [0.25, 0.3) is 0 Å². The third-order valence-corrected chi connectivity index (χ3v) is 5.00. The van der Waals surface area contributed by atoms with Gasteiger partial charge >= 0.3 is 0 Å². The summed E-state index contributed by atoms with van der Waals surface area (Å²) in [4.78, 5) is 0. The van der Waals surface area contributed by atoms with Crippen LogP contribution in [0.1, 0.15) is 84.6 Å². The number of nitrogens with two attached hydrogens (primary N) is 1. The van der Waals surface area contributed by atoms with Gasteiger partial charge in [-0.1, -0.05) is 74.4 Å². The van der Waals surface area contributed by atoms with Crippen molar-refractivity contribution in [1.82, 2.24) is 5.32 Å². The van der Waals surface area contributed by atoms with Gasteiger partial charge in [0.05, 0.1) is 5.54 Å². The molecular weight excluding hydrogens is 316 g/mol. The van der Waals surface area contributed by atoms with Crippen LogP contribution in [0.2, 0.25) is 0 Å². The number of nitrogens with one attached hydrogen (secondary N) is 1. The van der Waals surface area contributed by atoms with Gasteiger partial charge in [0, 0.05) is 13.1 Å². The molecule has 0 spiro atoms. The molecule has 2 rings (SSSR count). The lowest BCUT2D eigenvalue weighted by molar-refractivity contribution is 0.276. The fraction of sp³-hybridized carbons (Fsp3) is 0.714. The van der Waals surface area contributed by atoms with Gasteiger partial charge in [-0.15, -0.1) is 12.4 Å². The lowest BCUT2D eigenvalue weighted by Crippen LogP contribution is -2.64. The molecule has 0 amide bonds. The quantitative estimate of drug-likeness (QED) is 0.764. The van der Waals surface area contributed by atoms with Crippen molar-refractivity contribution in [2.45, 2.75) is 84.1 Å². The van der Waals surface area contributed by atoms with Crippen LogP contribution in [0.4, 0.5) is 0 Å². The molecule has 0 unspecified atom stereocenters. The van der Waals surface area contributed by atoms with Crippen molar-refractivity contribution in [3.8, 4) is 0 Å². The second-order valence-electron chi connectivity index (χ2n) is 10.5. The third kappa shape index (κ3) is 3.98. The van der Waals surface area contributed by atoms with E-state index in [1.165, 1.54) is 22.3 Å². The van der Waals surface area contributed by atoms with Crippen LogP contribution in [0.5, 0.6) is 0 Å². The van der Waals surface area contributed by atoms with Crippen LogP contribution in [0.3, 0.4) is 0 Å². The van der Waals surface area contributed by atoms with Crippen LogP contribution in [-0.4, -0.2) is 13.1 Å². The number of hydrogen-bond donors (Lipinski definition) is 2. The molecule has 0 saturated carbocycles. The molecule has 0 radical (unpaired) electrons. The van der Waals surface area contributed by atoms with Crippen molar-refractivity contribution in [2.24, 2.45) is 5.73 Å². The van der Waals surface area contributed by atoms with Crippen LogP contribution in [0.15, 0.2) is 12.1 Å². The predicted octanol–water partition coefficient (Wildman–Crippen LogP) is 4.76. The van der Waals surface area contributed by atoms with E-state index in [2.05, 4.69) is 79.8 Å². The Balaban J connectivity index is 0.00000288. The van der Waals surface area contributed by atoms with E-state index in [1.807, 2.05) is 0 Å². The van der Waals surface area contributed by atoms with Gasteiger partial charge in [-0.2, -0.15) is 0 Å². The Morgan fingerprint density at radius 1 is 0.792 bits per heavy atom. The van der Waals surface area contributed by atoms with Gasteiger partial charge in [-0.05, 0) is 38.5 Å². The molecule has 1 heterocycles. The van der Waals surface area contributed by atoms with Crippen molar-refractivity contribution < 1.29 is 0 Å². The molecule has 1 aliphatic heterocycles. The molecule has 0 atom stereocenters. The summed E-state index contributed by atoms with van der Waals surface area (Å²) in [6, 6.07) is 4.83. The maximum absolute atomic E-state index is 6.82. The summed E-state index contributed by atoms with van der Waals surface area (Å²) in [6.07, 6.45) is 0. The SMILES string of the molecule is CC(C)(C)c1cc(C(C)(C)C)c(C2(N)CNC2)c(C(C)(C)C)c1.Cl. The first-order valence-electron chi connectivity index (χ1n) is 8.86. The molecule has 1 saturated heterocycles. The van der Waals surface area contributed by atoms with Crippen molar-refractivity contribution in [2.75, 3.05) is 13.1 Å². The molecule has 24 heavy (non-hydrogen) atoms. The second-order valence-corrected chi connectivity index (χ2v) is 10.5. The molecule has 0 aliphatic carbocycles. The van der Waals surface area contributed by atoms with Gasteiger partial charge in [0.25, 0.3) is 0 Å². The maximum Gasteiger partial charge on any atom is 0.0668 e. The smallest absolute Gasteiger partial charge is 0.0668 e. The molecule has 1 aromatic rings. The number of benzene rings is 1. The third-order valence-electron chi connectivity index (χ3n) is 5.00. The van der Waals surface area contributed by atoms with Gasteiger partial charge < -0.3 is 11.1 Å². The zero-order valence-corrected chi connectivity index (χ0v) is 17.9. The van der Waals surface area contributed by atoms with Gasteiger partial charge in [-0.25, -0.2) is 0 Å². The van der Waals surface area contributed by atoms with Gasteiger partial charge in [0.15, 0.2) is 0 Å². The highest BCUT2D eigenvalue weighted by molar-refractivity contribution is 5.85. The maximum atomic E-state index is 6.82. The zero-order chi connectivity index (χ0) is 17.8. The van der Waals surface area contributed by atoms with E-state index in [0.29, 0.717) is 0 Å². The standard InChI is InChI=1S/C21H36N2.ClH/c1-18(2,3)14-10-15(19(4,5)6)17(21(22)12-23-13-21)16(11-14)20(7,8)9;/h10-11,23H,12-13,22H2,1-9H3;1H. The normalized spacial score (nSPS) is 17.9. The van der Waals surface area contributed by atoms with Gasteiger partial charge in [-0.3, -0.25) is 0 Å². The van der Waals surface area contributed by atoms with Gasteiger partial charge in [0.1, 0.15) is 0 Å². The Kier molecular flexibility index (Phi) is 5.64. The largest absolute Gasteiger partial charge is 0.319 e. The molecule has 1 fully saturated rings. The highest BCUT2D eigenvalue weighted by Gasteiger charge is 2.42. The second kappa shape index (κ2) is 6.30. The summed E-state index contributed by atoms with van der Waals surface area (Å²) in [5, 5.41) is 3.38. The monoisotopic (exact) mass is 352 g/mol. The van der Waals surface area contributed by atoms with Gasteiger partial charge in [0.2, 0.25) is 0 Å². The molecule has 0 bridgehead atoms. The number of halogens is 1. The summed E-state index contributed by atoms with van der Waals surface area (Å²) in [7, 11) is 0. The van der Waals surface area contributed by atoms with E-state index in [9.17, 15) is 0 Å². The Bertz CT molecular complexity index is 559. The van der Waals surface area contributed by atoms with Crippen molar-refractivity contribution in [1.29, 1.82) is 0 Å². The minimum absolute atomic E-state index is 0. The fourth-order valence-electron chi connectivity index (χ4n) is 3.37. The summed E-state index contributed by atoms with van der Waals surface area (Å²) in [6.45, 7) is 22.5. The lowest BCUT2D eigenvalue weighted by atomic mass is 9.66. The Hall–Kier alpha value is -0.570. The average Bonchev–Trinajstić information content (AvgIpc) is 2.31. The van der Waals surface area contributed by atoms with E-state index in [0.717, 1.165) is 13.1 Å². The minimum atomic E-state index is -0.234. The first-order valence-corrected chi connectivity index (χ1v) is 8.86. The molecular formula is C21H37ClN2. The van der Waals surface area contributed by atoms with Crippen LogP contribution >= 0.6 is 12.4 Å². The predicted molar refractivity (Wildman–Crippen MR) is 109 cm³/mol. The number of rotatable bonds is 1. The average molecular weight is 353 g/mol. The van der Waals surface area contributed by atoms with Crippen LogP contribution in [0, 0.1) is 0 Å². The zero-order valence-electron chi connectivity index (χ0n) is 17.1. The molecule has 3 heteroatoms. The minimum Gasteiger partial charge on any atom is -0.319 e. The topological polar surface area (TPSA) is 38.0 Å². The van der Waals surface area contributed by atoms with Crippen molar-refractivity contribution in [3.63, 3.8) is 0 Å². The van der Waals surface area contributed by atoms with E-state index < -0.39 is 0 Å². The van der Waals surface area contributed by atoms with Crippen LogP contribution in [-0.2, 0) is 21.8 Å². The summed E-state index contributed by atoms with van der Waals surface area (Å²) in [5.41, 5.74) is 12.5. The molecule has 0 aromatic heterocycles. The summed E-state index contributed by atoms with van der Waals surface area (Å²) in [5.74, 6) is 0. The highest BCUT2D eigenvalue weighted by atomic mass is 35.5. The molecule has 138 valence electrons. The first-order chi connectivity index (χ1) is 10.2. The van der Waals surface area contributed by atoms with E-state index in [-0.39, 0.29) is 34.2 Å². The lowest BCUT2D eigenvalue weighted by Gasteiger charge is -2.46. The highest BCUT2D eigenvalue weighted by Crippen LogP contribution is 2.43. The van der Waals surface area contributed by atoms with Crippen molar-refractivity contribution >= 4 is 12.4 Å². The molecule has 2 nitrogen and oxygen atoms in total. The Morgan fingerprint density at radius 2 is 1.17 bits per heavy atom. The van der Waals surface area contributed by atoms with Crippen LogP contribution < -0.4 is 11.1 Å². The Labute approximate surface area is 155 Å². The first kappa shape index (κ1) is 21.5. The fourth-order valence-corrected chi connectivity index (χ4v) is 3.37. The summed E-state index contributed by atoms with van der Waals surface area (Å²) < 4.78 is 0. The van der Waals surface area contributed by atoms with E-state index in [4.69, 9.17) is 5.73 Å². The Morgan fingerprint density at radius 3 is 1.38 bits per heavy atom. The molecule has 1 aromatic carbocycles.